The molecule has 0 spiro atoms. The summed E-state index contributed by atoms with van der Waals surface area (Å²) in [6.45, 7) is 3.27. The number of esters is 2. The van der Waals surface area contributed by atoms with E-state index in [4.69, 9.17) is 15.2 Å². The molecule has 0 unspecified atom stereocenters. The Labute approximate surface area is 157 Å². The first-order chi connectivity index (χ1) is 13.0. The molecule has 3 heterocycles. The van der Waals surface area contributed by atoms with Gasteiger partial charge < -0.3 is 15.2 Å². The van der Waals surface area contributed by atoms with Crippen LogP contribution in [0.1, 0.15) is 44.0 Å². The fourth-order valence-electron chi connectivity index (χ4n) is 2.30. The lowest BCUT2D eigenvalue weighted by molar-refractivity contribution is 0.0441. The van der Waals surface area contributed by atoms with Crippen LogP contribution in [0.15, 0.2) is 12.3 Å². The lowest BCUT2D eigenvalue weighted by atomic mass is 10.1. The molecule has 138 valence electrons. The summed E-state index contributed by atoms with van der Waals surface area (Å²) in [5, 5.41) is 13.5. The second-order valence-corrected chi connectivity index (χ2v) is 6.34. The molecule has 0 radical (unpaired) electrons. The number of fused-ring (bicyclic) bond motifs is 1. The van der Waals surface area contributed by atoms with Crippen LogP contribution in [0.2, 0.25) is 0 Å². The molecule has 3 rings (SSSR count). The van der Waals surface area contributed by atoms with E-state index in [0.717, 1.165) is 17.0 Å². The Morgan fingerprint density at radius 3 is 2.81 bits per heavy atom. The number of hydrogen-bond acceptors (Lipinski definition) is 10. The number of aromatic nitrogens is 4. The third kappa shape index (κ3) is 3.42. The molecule has 0 saturated heterocycles. The first kappa shape index (κ1) is 18.3. The molecule has 10 nitrogen and oxygen atoms in total. The predicted molar refractivity (Wildman–Crippen MR) is 94.0 cm³/mol. The highest BCUT2D eigenvalue weighted by atomic mass is 32.1. The van der Waals surface area contributed by atoms with Crippen LogP contribution in [0.3, 0.4) is 0 Å². The summed E-state index contributed by atoms with van der Waals surface area (Å²) in [5.41, 5.74) is 6.81. The maximum atomic E-state index is 12.3. The summed E-state index contributed by atoms with van der Waals surface area (Å²) in [4.78, 5) is 32.5. The average molecular weight is 386 g/mol. The summed E-state index contributed by atoms with van der Waals surface area (Å²) in [6, 6.07) is 3.63. The van der Waals surface area contributed by atoms with Gasteiger partial charge in [-0.15, -0.1) is 16.4 Å². The Morgan fingerprint density at radius 2 is 2.15 bits per heavy atom. The highest BCUT2D eigenvalue weighted by Gasteiger charge is 2.25. The third-order valence-electron chi connectivity index (χ3n) is 3.57. The van der Waals surface area contributed by atoms with Gasteiger partial charge in [0, 0.05) is 17.5 Å². The number of nitriles is 1. The van der Waals surface area contributed by atoms with Gasteiger partial charge in [0.25, 0.3) is 11.6 Å². The number of ether oxygens (including phenoxy) is 2. The van der Waals surface area contributed by atoms with Crippen molar-refractivity contribution in [2.45, 2.75) is 20.5 Å². The SMILES string of the molecule is CCOC(=O)c1sc(N)c(C#N)c1COC(=O)c1nc2nccc(C)n2n1. The van der Waals surface area contributed by atoms with E-state index in [2.05, 4.69) is 15.1 Å². The van der Waals surface area contributed by atoms with Crippen LogP contribution >= 0.6 is 11.3 Å². The number of aryl methyl sites for hydroxylation is 1. The number of nitrogens with two attached hydrogens (primary N) is 1. The molecular formula is C16H14N6O4S. The number of carbonyl (C=O) groups is 2. The van der Waals surface area contributed by atoms with Crippen molar-refractivity contribution in [3.63, 3.8) is 0 Å². The van der Waals surface area contributed by atoms with E-state index in [1.165, 1.54) is 4.52 Å². The van der Waals surface area contributed by atoms with Crippen molar-refractivity contribution in [1.82, 2.24) is 19.6 Å². The molecule has 0 fully saturated rings. The second kappa shape index (κ2) is 7.38. The molecule has 27 heavy (non-hydrogen) atoms. The second-order valence-electron chi connectivity index (χ2n) is 5.29. The quantitative estimate of drug-likeness (QED) is 0.644. The van der Waals surface area contributed by atoms with E-state index in [9.17, 15) is 14.9 Å². The van der Waals surface area contributed by atoms with E-state index in [1.807, 2.05) is 6.07 Å². The van der Waals surface area contributed by atoms with Crippen molar-refractivity contribution in [2.24, 2.45) is 0 Å². The van der Waals surface area contributed by atoms with Gasteiger partial charge in [-0.05, 0) is 19.9 Å². The van der Waals surface area contributed by atoms with Crippen LogP contribution < -0.4 is 5.73 Å². The lowest BCUT2D eigenvalue weighted by Crippen LogP contribution is -2.11. The van der Waals surface area contributed by atoms with Gasteiger partial charge in [-0.1, -0.05) is 0 Å². The van der Waals surface area contributed by atoms with E-state index in [0.29, 0.717) is 0 Å². The number of nitrogen functional groups attached to an aromatic ring is 1. The van der Waals surface area contributed by atoms with Gasteiger partial charge in [0.2, 0.25) is 0 Å². The molecule has 11 heteroatoms. The molecule has 0 amide bonds. The number of rotatable bonds is 5. The van der Waals surface area contributed by atoms with Crippen molar-refractivity contribution in [3.05, 3.63) is 39.8 Å². The van der Waals surface area contributed by atoms with E-state index < -0.39 is 11.9 Å². The van der Waals surface area contributed by atoms with Crippen molar-refractivity contribution >= 4 is 34.1 Å². The molecular weight excluding hydrogens is 372 g/mol. The maximum absolute atomic E-state index is 12.3. The third-order valence-corrected chi connectivity index (χ3v) is 4.61. The minimum Gasteiger partial charge on any atom is -0.462 e. The van der Waals surface area contributed by atoms with Gasteiger partial charge in [0.05, 0.1) is 12.2 Å². The summed E-state index contributed by atoms with van der Waals surface area (Å²) in [7, 11) is 0. The van der Waals surface area contributed by atoms with Gasteiger partial charge >= 0.3 is 11.9 Å². The largest absolute Gasteiger partial charge is 0.462 e. The first-order valence-electron chi connectivity index (χ1n) is 7.80. The summed E-state index contributed by atoms with van der Waals surface area (Å²) in [5.74, 6) is -1.38. The molecule has 0 atom stereocenters. The summed E-state index contributed by atoms with van der Waals surface area (Å²) in [6.07, 6.45) is 1.55. The molecule has 0 saturated carbocycles. The zero-order chi connectivity index (χ0) is 19.6. The topological polar surface area (TPSA) is 145 Å². The first-order valence-corrected chi connectivity index (χ1v) is 8.61. The van der Waals surface area contributed by atoms with Crippen LogP contribution in [0.5, 0.6) is 0 Å². The summed E-state index contributed by atoms with van der Waals surface area (Å²) < 4.78 is 11.6. The van der Waals surface area contributed by atoms with Crippen LogP contribution in [0.4, 0.5) is 5.00 Å². The fourth-order valence-corrected chi connectivity index (χ4v) is 3.22. The fraction of sp³-hybridized carbons (Fsp3) is 0.250. The monoisotopic (exact) mass is 386 g/mol. The number of anilines is 1. The Bertz CT molecular complexity index is 1080. The van der Waals surface area contributed by atoms with Crippen molar-refractivity contribution in [2.75, 3.05) is 12.3 Å². The molecule has 0 aliphatic carbocycles. The Hall–Kier alpha value is -3.52. The summed E-state index contributed by atoms with van der Waals surface area (Å²) >= 11 is 0.911. The standard InChI is InChI=1S/C16H14N6O4S/c1-3-25-14(23)11-10(9(6-17)12(18)27-11)7-26-15(24)13-20-16-19-5-4-8(2)22(16)21-13/h4-5H,3,7,18H2,1-2H3. The zero-order valence-electron chi connectivity index (χ0n) is 14.4. The van der Waals surface area contributed by atoms with Crippen LogP contribution in [0.25, 0.3) is 5.78 Å². The van der Waals surface area contributed by atoms with E-state index >= 15 is 0 Å². The normalized spacial score (nSPS) is 10.6. The minimum atomic E-state index is -0.816. The Balaban J connectivity index is 1.85. The van der Waals surface area contributed by atoms with Crippen LogP contribution in [-0.2, 0) is 16.1 Å². The molecule has 2 N–H and O–H groups in total. The van der Waals surface area contributed by atoms with Gasteiger partial charge in [0.15, 0.2) is 0 Å². The van der Waals surface area contributed by atoms with Crippen LogP contribution in [-0.4, -0.2) is 38.1 Å². The average Bonchev–Trinajstić information content (AvgIpc) is 3.21. The van der Waals surface area contributed by atoms with Crippen molar-refractivity contribution < 1.29 is 19.1 Å². The van der Waals surface area contributed by atoms with Gasteiger partial charge in [-0.25, -0.2) is 19.1 Å². The molecule has 0 bridgehead atoms. The molecule has 0 aromatic carbocycles. The smallest absolute Gasteiger partial charge is 0.378 e. The highest BCUT2D eigenvalue weighted by Crippen LogP contribution is 2.32. The predicted octanol–water partition coefficient (Wildman–Crippen LogP) is 1.48. The van der Waals surface area contributed by atoms with Crippen molar-refractivity contribution in [1.29, 1.82) is 5.26 Å². The van der Waals surface area contributed by atoms with E-state index in [-0.39, 0.29) is 45.8 Å². The number of nitrogens with zero attached hydrogens (tertiary/aromatic N) is 5. The van der Waals surface area contributed by atoms with Gasteiger partial charge in [-0.3, -0.25) is 0 Å². The zero-order valence-corrected chi connectivity index (χ0v) is 15.2. The number of carbonyl (C=O) groups excluding carboxylic acids is 2. The van der Waals surface area contributed by atoms with Crippen LogP contribution in [0, 0.1) is 18.3 Å². The molecule has 0 aliphatic rings. The Morgan fingerprint density at radius 1 is 1.37 bits per heavy atom. The number of thiophene rings is 1. The van der Waals surface area contributed by atoms with E-state index in [1.54, 1.807) is 26.1 Å². The molecule has 0 aliphatic heterocycles. The lowest BCUT2D eigenvalue weighted by Gasteiger charge is -2.05. The van der Waals surface area contributed by atoms with Gasteiger partial charge in [-0.2, -0.15) is 10.2 Å². The van der Waals surface area contributed by atoms with Crippen molar-refractivity contribution in [3.8, 4) is 6.07 Å². The molecule has 3 aromatic heterocycles. The number of hydrogen-bond donors (Lipinski definition) is 1. The minimum absolute atomic E-state index is 0.0799. The highest BCUT2D eigenvalue weighted by molar-refractivity contribution is 7.18. The molecule has 3 aromatic rings. The maximum Gasteiger partial charge on any atom is 0.378 e. The van der Waals surface area contributed by atoms with Gasteiger partial charge in [0.1, 0.15) is 22.6 Å². The Kier molecular flexibility index (Phi) is 5.00.